The van der Waals surface area contributed by atoms with Gasteiger partial charge in [-0.3, -0.25) is 4.79 Å². The van der Waals surface area contributed by atoms with Crippen LogP contribution in [0.5, 0.6) is 5.75 Å². The number of alkyl halides is 1. The molecular formula is C12H14Cl2O2. The van der Waals surface area contributed by atoms with Crippen LogP contribution in [0.4, 0.5) is 0 Å². The first-order valence-electron chi connectivity index (χ1n) is 5.09. The molecule has 0 saturated heterocycles. The van der Waals surface area contributed by atoms with Gasteiger partial charge in [0.05, 0.1) is 5.56 Å². The molecular weight excluding hydrogens is 247 g/mol. The first kappa shape index (κ1) is 13.3. The predicted molar refractivity (Wildman–Crippen MR) is 66.9 cm³/mol. The zero-order valence-corrected chi connectivity index (χ0v) is 10.8. The Kier molecular flexibility index (Phi) is 4.63. The van der Waals surface area contributed by atoms with Crippen molar-refractivity contribution in [3.8, 4) is 5.75 Å². The summed E-state index contributed by atoms with van der Waals surface area (Å²) in [4.78, 5) is 11.7. The molecule has 0 aliphatic heterocycles. The average Bonchev–Trinajstić information content (AvgIpc) is 2.20. The second kappa shape index (κ2) is 5.55. The molecule has 0 radical (unpaired) electrons. The number of hydrogen-bond donors (Lipinski definition) is 1. The van der Waals surface area contributed by atoms with E-state index in [9.17, 15) is 9.90 Å². The molecule has 0 atom stereocenters. The van der Waals surface area contributed by atoms with E-state index < -0.39 is 0 Å². The van der Waals surface area contributed by atoms with Crippen LogP contribution < -0.4 is 0 Å². The number of carbonyl (C=O) groups is 1. The van der Waals surface area contributed by atoms with Crippen LogP contribution in [0.25, 0.3) is 0 Å². The Bertz CT molecular complexity index is 400. The van der Waals surface area contributed by atoms with Gasteiger partial charge < -0.3 is 5.11 Å². The lowest BCUT2D eigenvalue weighted by Crippen LogP contribution is -2.03. The molecule has 0 amide bonds. The number of halogens is 2. The molecule has 0 unspecified atom stereocenters. The summed E-state index contributed by atoms with van der Waals surface area (Å²) in [6.07, 6.45) is 0.201. The number of hydrogen-bond acceptors (Lipinski definition) is 2. The van der Waals surface area contributed by atoms with Gasteiger partial charge in [0, 0.05) is 17.3 Å². The topological polar surface area (TPSA) is 37.3 Å². The number of benzene rings is 1. The van der Waals surface area contributed by atoms with Crippen molar-refractivity contribution in [3.63, 3.8) is 0 Å². The van der Waals surface area contributed by atoms with Gasteiger partial charge in [-0.15, -0.1) is 11.6 Å². The van der Waals surface area contributed by atoms with Crippen molar-refractivity contribution in [2.24, 2.45) is 0 Å². The SMILES string of the molecule is CC(C)c1cc(Cl)cc(C(=O)CCCl)c1O. The van der Waals surface area contributed by atoms with Gasteiger partial charge in [0.1, 0.15) is 5.75 Å². The minimum atomic E-state index is -0.183. The van der Waals surface area contributed by atoms with Crippen molar-refractivity contribution in [1.29, 1.82) is 0 Å². The Labute approximate surface area is 105 Å². The normalized spacial score (nSPS) is 10.8. The number of Topliss-reactive ketones (excluding diaryl/α,β-unsaturated/α-hetero) is 1. The highest BCUT2D eigenvalue weighted by molar-refractivity contribution is 6.31. The predicted octanol–water partition coefficient (Wildman–Crippen LogP) is 3.98. The lowest BCUT2D eigenvalue weighted by molar-refractivity contribution is 0.0986. The summed E-state index contributed by atoms with van der Waals surface area (Å²) in [6.45, 7) is 3.86. The molecule has 1 aromatic rings. The van der Waals surface area contributed by atoms with Crippen molar-refractivity contribution in [2.75, 3.05) is 5.88 Å². The van der Waals surface area contributed by atoms with Gasteiger partial charge in [-0.05, 0) is 23.6 Å². The molecule has 2 nitrogen and oxygen atoms in total. The Hall–Kier alpha value is -0.730. The summed E-state index contributed by atoms with van der Waals surface area (Å²) in [5.41, 5.74) is 0.947. The van der Waals surface area contributed by atoms with Gasteiger partial charge in [0.25, 0.3) is 0 Å². The van der Waals surface area contributed by atoms with Gasteiger partial charge in [-0.1, -0.05) is 25.4 Å². The van der Waals surface area contributed by atoms with Crippen molar-refractivity contribution in [3.05, 3.63) is 28.3 Å². The van der Waals surface area contributed by atoms with E-state index in [1.807, 2.05) is 13.8 Å². The molecule has 16 heavy (non-hydrogen) atoms. The van der Waals surface area contributed by atoms with Crippen molar-refractivity contribution >= 4 is 29.0 Å². The number of phenols is 1. The van der Waals surface area contributed by atoms with E-state index in [2.05, 4.69) is 0 Å². The lowest BCUT2D eigenvalue weighted by Gasteiger charge is -2.12. The smallest absolute Gasteiger partial charge is 0.167 e. The number of phenolic OH excluding ortho intramolecular Hbond substituents is 1. The Morgan fingerprint density at radius 1 is 1.44 bits per heavy atom. The summed E-state index contributed by atoms with van der Waals surface area (Å²) < 4.78 is 0. The summed E-state index contributed by atoms with van der Waals surface area (Å²) >= 11 is 11.4. The third-order valence-corrected chi connectivity index (χ3v) is 2.76. The third kappa shape index (κ3) is 2.89. The Morgan fingerprint density at radius 2 is 2.06 bits per heavy atom. The van der Waals surface area contributed by atoms with Gasteiger partial charge in [0.2, 0.25) is 0 Å². The van der Waals surface area contributed by atoms with Crippen LogP contribution in [0.2, 0.25) is 5.02 Å². The molecule has 0 aliphatic rings. The van der Waals surface area contributed by atoms with Crippen LogP contribution >= 0.6 is 23.2 Å². The molecule has 0 aromatic heterocycles. The summed E-state index contributed by atoms with van der Waals surface area (Å²) in [5.74, 6) is 0.189. The number of ketones is 1. The maximum absolute atomic E-state index is 11.7. The number of rotatable bonds is 4. The fourth-order valence-corrected chi connectivity index (χ4v) is 1.89. The second-order valence-electron chi connectivity index (χ2n) is 3.91. The fourth-order valence-electron chi connectivity index (χ4n) is 1.49. The molecule has 4 heteroatoms. The van der Waals surface area contributed by atoms with Crippen molar-refractivity contribution < 1.29 is 9.90 Å². The van der Waals surface area contributed by atoms with Crippen LogP contribution in [-0.4, -0.2) is 16.8 Å². The first-order chi connectivity index (χ1) is 7.47. The zero-order chi connectivity index (χ0) is 12.3. The molecule has 0 heterocycles. The summed E-state index contributed by atoms with van der Waals surface area (Å²) in [5, 5.41) is 10.4. The fraction of sp³-hybridized carbons (Fsp3) is 0.417. The number of aromatic hydroxyl groups is 1. The molecule has 0 spiro atoms. The first-order valence-corrected chi connectivity index (χ1v) is 6.00. The molecule has 88 valence electrons. The standard InChI is InChI=1S/C12H14Cl2O2/c1-7(2)9-5-8(14)6-10(12(9)16)11(15)3-4-13/h5-7,16H,3-4H2,1-2H3. The van der Waals surface area contributed by atoms with Crippen LogP contribution in [0.15, 0.2) is 12.1 Å². The maximum Gasteiger partial charge on any atom is 0.167 e. The molecule has 0 fully saturated rings. The van der Waals surface area contributed by atoms with E-state index in [0.29, 0.717) is 10.6 Å². The molecule has 1 N–H and O–H groups in total. The minimum absolute atomic E-state index is 0.0227. The van der Waals surface area contributed by atoms with Gasteiger partial charge in [0.15, 0.2) is 5.78 Å². The monoisotopic (exact) mass is 260 g/mol. The van der Waals surface area contributed by atoms with Crippen molar-refractivity contribution in [1.82, 2.24) is 0 Å². The highest BCUT2D eigenvalue weighted by Gasteiger charge is 2.17. The van der Waals surface area contributed by atoms with Crippen molar-refractivity contribution in [2.45, 2.75) is 26.2 Å². The highest BCUT2D eigenvalue weighted by atomic mass is 35.5. The van der Waals surface area contributed by atoms with Crippen LogP contribution in [0, 0.1) is 0 Å². The Balaban J connectivity index is 3.24. The van der Waals surface area contributed by atoms with E-state index in [0.717, 1.165) is 0 Å². The van der Waals surface area contributed by atoms with E-state index in [4.69, 9.17) is 23.2 Å². The quantitative estimate of drug-likeness (QED) is 0.657. The summed E-state index contributed by atoms with van der Waals surface area (Å²) in [6, 6.07) is 3.16. The molecule has 0 saturated carbocycles. The van der Waals surface area contributed by atoms with Gasteiger partial charge in [-0.2, -0.15) is 0 Å². The minimum Gasteiger partial charge on any atom is -0.507 e. The lowest BCUT2D eigenvalue weighted by atomic mass is 9.97. The number of carbonyl (C=O) groups excluding carboxylic acids is 1. The zero-order valence-electron chi connectivity index (χ0n) is 9.26. The molecule has 0 aliphatic carbocycles. The third-order valence-electron chi connectivity index (χ3n) is 2.35. The average molecular weight is 261 g/mol. The molecule has 1 aromatic carbocycles. The highest BCUT2D eigenvalue weighted by Crippen LogP contribution is 2.33. The van der Waals surface area contributed by atoms with E-state index >= 15 is 0 Å². The van der Waals surface area contributed by atoms with E-state index in [1.165, 1.54) is 6.07 Å². The van der Waals surface area contributed by atoms with Crippen LogP contribution in [0.1, 0.15) is 42.1 Å². The van der Waals surface area contributed by atoms with E-state index in [-0.39, 0.29) is 35.3 Å². The summed E-state index contributed by atoms with van der Waals surface area (Å²) in [7, 11) is 0. The van der Waals surface area contributed by atoms with E-state index in [1.54, 1.807) is 6.07 Å². The van der Waals surface area contributed by atoms with Gasteiger partial charge in [-0.25, -0.2) is 0 Å². The van der Waals surface area contributed by atoms with Gasteiger partial charge >= 0.3 is 0 Å². The molecule has 1 rings (SSSR count). The van der Waals surface area contributed by atoms with Crippen LogP contribution in [-0.2, 0) is 0 Å². The Morgan fingerprint density at radius 3 is 2.56 bits per heavy atom. The second-order valence-corrected chi connectivity index (χ2v) is 4.72. The maximum atomic E-state index is 11.7. The van der Waals surface area contributed by atoms with Crippen LogP contribution in [0.3, 0.4) is 0 Å². The largest absolute Gasteiger partial charge is 0.507 e. The molecule has 0 bridgehead atoms.